The highest BCUT2D eigenvalue weighted by atomic mass is 35.5. The number of hydrogen-bond acceptors (Lipinski definition) is 3. The third kappa shape index (κ3) is 3.82. The van der Waals surface area contributed by atoms with Gasteiger partial charge in [0.25, 0.3) is 5.91 Å². The highest BCUT2D eigenvalue weighted by Crippen LogP contribution is 2.21. The zero-order valence-corrected chi connectivity index (χ0v) is 11.9. The number of nitrogens with zero attached hydrogens (tertiary/aromatic N) is 1. The number of benzene rings is 1. The second-order valence-corrected chi connectivity index (χ2v) is 4.72. The van der Waals surface area contributed by atoms with Crippen molar-refractivity contribution in [3.63, 3.8) is 0 Å². The van der Waals surface area contributed by atoms with Crippen molar-refractivity contribution in [2.45, 2.75) is 6.42 Å². The summed E-state index contributed by atoms with van der Waals surface area (Å²) in [4.78, 5) is 11.9. The maximum atomic E-state index is 11.9. The van der Waals surface area contributed by atoms with Gasteiger partial charge in [-0.25, -0.2) is 0 Å². The van der Waals surface area contributed by atoms with Gasteiger partial charge in [-0.15, -0.1) is 0 Å². The largest absolute Gasteiger partial charge is 0.385 e. The van der Waals surface area contributed by atoms with E-state index < -0.39 is 0 Å². The van der Waals surface area contributed by atoms with Crippen LogP contribution in [0.25, 0.3) is 11.3 Å². The van der Waals surface area contributed by atoms with Crippen molar-refractivity contribution in [1.29, 1.82) is 0 Å². The zero-order chi connectivity index (χ0) is 14.4. The molecule has 1 heterocycles. The van der Waals surface area contributed by atoms with Crippen LogP contribution in [0.4, 0.5) is 0 Å². The molecule has 0 atom stereocenters. The summed E-state index contributed by atoms with van der Waals surface area (Å²) in [6.45, 7) is 1.19. The van der Waals surface area contributed by atoms with E-state index in [2.05, 4.69) is 15.5 Å². The van der Waals surface area contributed by atoms with Crippen LogP contribution in [0.3, 0.4) is 0 Å². The monoisotopic (exact) mass is 293 g/mol. The van der Waals surface area contributed by atoms with Crippen LogP contribution in [-0.2, 0) is 4.74 Å². The molecule has 6 heteroatoms. The number of aromatic nitrogens is 2. The van der Waals surface area contributed by atoms with E-state index in [1.54, 1.807) is 25.3 Å². The molecule has 0 aliphatic heterocycles. The average Bonchev–Trinajstić information content (AvgIpc) is 2.93. The molecule has 0 radical (unpaired) electrons. The molecule has 106 valence electrons. The van der Waals surface area contributed by atoms with Gasteiger partial charge >= 0.3 is 0 Å². The minimum Gasteiger partial charge on any atom is -0.385 e. The average molecular weight is 294 g/mol. The first-order valence-electron chi connectivity index (χ1n) is 6.29. The molecular weight excluding hydrogens is 278 g/mol. The topological polar surface area (TPSA) is 67.0 Å². The molecule has 0 saturated heterocycles. The minimum atomic E-state index is -0.179. The molecule has 0 aliphatic carbocycles. The highest BCUT2D eigenvalue weighted by molar-refractivity contribution is 6.30. The Kier molecular flexibility index (Phi) is 5.15. The molecule has 2 aromatic rings. The number of nitrogens with one attached hydrogen (secondary N) is 2. The summed E-state index contributed by atoms with van der Waals surface area (Å²) < 4.78 is 4.92. The quantitative estimate of drug-likeness (QED) is 0.804. The van der Waals surface area contributed by atoms with Crippen molar-refractivity contribution in [1.82, 2.24) is 15.5 Å². The lowest BCUT2D eigenvalue weighted by molar-refractivity contribution is 0.0943. The summed E-state index contributed by atoms with van der Waals surface area (Å²) in [6, 6.07) is 9.04. The number of carbonyl (C=O) groups excluding carboxylic acids is 1. The molecule has 5 nitrogen and oxygen atoms in total. The van der Waals surface area contributed by atoms with Crippen molar-refractivity contribution < 1.29 is 9.53 Å². The number of amides is 1. The Hall–Kier alpha value is -1.85. The van der Waals surface area contributed by atoms with Crippen LogP contribution < -0.4 is 5.32 Å². The number of hydrogen-bond donors (Lipinski definition) is 2. The van der Waals surface area contributed by atoms with Gasteiger partial charge in [-0.05, 0) is 24.6 Å². The minimum absolute atomic E-state index is 0.179. The van der Waals surface area contributed by atoms with Crippen LogP contribution in [0.5, 0.6) is 0 Å². The molecule has 0 unspecified atom stereocenters. The van der Waals surface area contributed by atoms with Gasteiger partial charge in [-0.3, -0.25) is 9.89 Å². The second-order valence-electron chi connectivity index (χ2n) is 4.28. The molecule has 0 saturated carbocycles. The van der Waals surface area contributed by atoms with E-state index in [1.165, 1.54) is 0 Å². The third-order valence-corrected chi connectivity index (χ3v) is 2.99. The lowest BCUT2D eigenvalue weighted by atomic mass is 10.1. The number of ether oxygens (including phenoxy) is 1. The summed E-state index contributed by atoms with van der Waals surface area (Å²) >= 11 is 5.93. The fourth-order valence-corrected chi connectivity index (χ4v) is 1.94. The van der Waals surface area contributed by atoms with E-state index in [0.717, 1.165) is 12.0 Å². The normalized spacial score (nSPS) is 10.5. The van der Waals surface area contributed by atoms with Gasteiger partial charge in [0.15, 0.2) is 0 Å². The van der Waals surface area contributed by atoms with E-state index in [-0.39, 0.29) is 5.91 Å². The fourth-order valence-electron chi connectivity index (χ4n) is 1.75. The summed E-state index contributed by atoms with van der Waals surface area (Å²) in [5.74, 6) is -0.179. The lowest BCUT2D eigenvalue weighted by Gasteiger charge is -2.02. The lowest BCUT2D eigenvalue weighted by Crippen LogP contribution is -2.25. The Morgan fingerprint density at radius 3 is 3.05 bits per heavy atom. The fraction of sp³-hybridized carbons (Fsp3) is 0.286. The molecule has 1 aromatic heterocycles. The maximum absolute atomic E-state index is 11.9. The number of H-pyrrole nitrogens is 1. The van der Waals surface area contributed by atoms with Crippen LogP contribution in [-0.4, -0.2) is 36.4 Å². The van der Waals surface area contributed by atoms with E-state index in [0.29, 0.717) is 29.6 Å². The number of rotatable bonds is 6. The Bertz CT molecular complexity index is 583. The van der Waals surface area contributed by atoms with Crippen LogP contribution in [0.15, 0.2) is 30.3 Å². The molecule has 2 rings (SSSR count). The number of halogens is 1. The molecular formula is C14H16ClN3O2. The van der Waals surface area contributed by atoms with E-state index in [1.807, 2.05) is 12.1 Å². The summed E-state index contributed by atoms with van der Waals surface area (Å²) in [7, 11) is 1.63. The molecule has 0 bridgehead atoms. The number of aromatic amines is 1. The first-order chi connectivity index (χ1) is 9.70. The molecule has 1 amide bonds. The first kappa shape index (κ1) is 14.6. The van der Waals surface area contributed by atoms with E-state index in [4.69, 9.17) is 16.3 Å². The molecule has 0 aliphatic rings. The standard InChI is InChI=1S/C14H16ClN3O2/c1-20-7-3-6-16-14(19)13-9-12(17-18-13)10-4-2-5-11(15)8-10/h2,4-5,8-9H,3,6-7H2,1H3,(H,16,19)(H,17,18). The SMILES string of the molecule is COCCCNC(=O)c1cc(-c2cccc(Cl)c2)n[nH]1. The van der Waals surface area contributed by atoms with E-state index in [9.17, 15) is 4.79 Å². The van der Waals surface area contributed by atoms with Crippen LogP contribution >= 0.6 is 11.6 Å². The van der Waals surface area contributed by atoms with Crippen molar-refractivity contribution >= 4 is 17.5 Å². The highest BCUT2D eigenvalue weighted by Gasteiger charge is 2.10. The summed E-state index contributed by atoms with van der Waals surface area (Å²) in [5, 5.41) is 10.3. The zero-order valence-electron chi connectivity index (χ0n) is 11.1. The third-order valence-electron chi connectivity index (χ3n) is 2.75. The first-order valence-corrected chi connectivity index (χ1v) is 6.67. The van der Waals surface area contributed by atoms with Crippen molar-refractivity contribution in [3.05, 3.63) is 41.0 Å². The molecule has 0 fully saturated rings. The van der Waals surface area contributed by atoms with Crippen LogP contribution in [0, 0.1) is 0 Å². The Balaban J connectivity index is 2.00. The number of methoxy groups -OCH3 is 1. The molecule has 1 aromatic carbocycles. The van der Waals surface area contributed by atoms with Crippen LogP contribution in [0.2, 0.25) is 5.02 Å². The Labute approximate surface area is 122 Å². The molecule has 20 heavy (non-hydrogen) atoms. The van der Waals surface area contributed by atoms with Gasteiger partial charge in [-0.2, -0.15) is 5.10 Å². The maximum Gasteiger partial charge on any atom is 0.269 e. The second kappa shape index (κ2) is 7.07. The van der Waals surface area contributed by atoms with Crippen molar-refractivity contribution in [2.75, 3.05) is 20.3 Å². The predicted molar refractivity (Wildman–Crippen MR) is 77.9 cm³/mol. The smallest absolute Gasteiger partial charge is 0.269 e. The Morgan fingerprint density at radius 2 is 2.30 bits per heavy atom. The predicted octanol–water partition coefficient (Wildman–Crippen LogP) is 2.50. The van der Waals surface area contributed by atoms with Crippen molar-refractivity contribution in [3.8, 4) is 11.3 Å². The van der Waals surface area contributed by atoms with Gasteiger partial charge in [0, 0.05) is 30.8 Å². The van der Waals surface area contributed by atoms with Gasteiger partial charge in [-0.1, -0.05) is 23.7 Å². The number of carbonyl (C=O) groups is 1. The van der Waals surface area contributed by atoms with Gasteiger partial charge < -0.3 is 10.1 Å². The van der Waals surface area contributed by atoms with E-state index >= 15 is 0 Å². The van der Waals surface area contributed by atoms with Gasteiger partial charge in [0.2, 0.25) is 0 Å². The van der Waals surface area contributed by atoms with Gasteiger partial charge in [0.05, 0.1) is 5.69 Å². The van der Waals surface area contributed by atoms with Gasteiger partial charge in [0.1, 0.15) is 5.69 Å². The molecule has 2 N–H and O–H groups in total. The van der Waals surface area contributed by atoms with Crippen LogP contribution in [0.1, 0.15) is 16.9 Å². The summed E-state index contributed by atoms with van der Waals surface area (Å²) in [5.41, 5.74) is 1.99. The van der Waals surface area contributed by atoms with Crippen molar-refractivity contribution in [2.24, 2.45) is 0 Å². The Morgan fingerprint density at radius 1 is 1.45 bits per heavy atom. The summed E-state index contributed by atoms with van der Waals surface area (Å²) in [6.07, 6.45) is 0.775. The molecule has 0 spiro atoms.